The molecule has 2 atom stereocenters. The zero-order valence-electron chi connectivity index (χ0n) is 26.1. The zero-order chi connectivity index (χ0) is 30.9. The SMILES string of the molecule is CCc1c(F)ccc2cc(O)cc(N3CCc4c(nc(OC[C@@]56CCCN5C[C@H](F)C6)nc4N4CCCC5(CC(O)C5)C4)C3)c12. The number of rotatable bonds is 6. The van der Waals surface area contributed by atoms with Crippen LogP contribution < -0.4 is 14.5 Å². The van der Waals surface area contributed by atoms with Crippen LogP contribution in [0, 0.1) is 11.2 Å². The molecule has 1 spiro atoms. The minimum absolute atomic E-state index is 0.127. The number of benzene rings is 2. The fourth-order valence-electron chi connectivity index (χ4n) is 9.30. The van der Waals surface area contributed by atoms with Crippen molar-refractivity contribution in [2.75, 3.05) is 49.1 Å². The largest absolute Gasteiger partial charge is 0.508 e. The number of halogens is 2. The third kappa shape index (κ3) is 4.99. The highest BCUT2D eigenvalue weighted by Crippen LogP contribution is 2.49. The van der Waals surface area contributed by atoms with Crippen molar-refractivity contribution in [3.05, 3.63) is 46.9 Å². The number of alkyl halides is 1. The fourth-order valence-corrected chi connectivity index (χ4v) is 9.30. The Hall–Kier alpha value is -3.24. The molecule has 0 bridgehead atoms. The van der Waals surface area contributed by atoms with Gasteiger partial charge in [0.15, 0.2) is 0 Å². The summed E-state index contributed by atoms with van der Waals surface area (Å²) in [5.41, 5.74) is 3.24. The van der Waals surface area contributed by atoms with E-state index in [1.807, 2.05) is 6.92 Å². The van der Waals surface area contributed by atoms with Crippen molar-refractivity contribution in [1.29, 1.82) is 0 Å². The highest BCUT2D eigenvalue weighted by Gasteiger charge is 2.50. The molecule has 5 heterocycles. The lowest BCUT2D eigenvalue weighted by atomic mass is 9.62. The summed E-state index contributed by atoms with van der Waals surface area (Å²) >= 11 is 0. The van der Waals surface area contributed by atoms with Gasteiger partial charge in [0.05, 0.1) is 23.9 Å². The summed E-state index contributed by atoms with van der Waals surface area (Å²) < 4.78 is 35.9. The first-order chi connectivity index (χ1) is 21.7. The Balaban J connectivity index is 1.16. The van der Waals surface area contributed by atoms with Crippen LogP contribution in [0.3, 0.4) is 0 Å². The van der Waals surface area contributed by atoms with Crippen LogP contribution in [0.2, 0.25) is 0 Å². The van der Waals surface area contributed by atoms with Gasteiger partial charge in [-0.2, -0.15) is 9.97 Å². The molecule has 1 aliphatic carbocycles. The van der Waals surface area contributed by atoms with E-state index >= 15 is 4.39 Å². The van der Waals surface area contributed by atoms with Gasteiger partial charge in [0, 0.05) is 55.3 Å². The van der Waals surface area contributed by atoms with Crippen molar-refractivity contribution in [2.24, 2.45) is 5.41 Å². The maximum absolute atomic E-state index is 15.0. The van der Waals surface area contributed by atoms with E-state index in [1.165, 1.54) is 6.07 Å². The number of anilines is 2. The third-order valence-electron chi connectivity index (χ3n) is 11.4. The fraction of sp³-hybridized carbons (Fsp3) is 0.600. The number of phenolic OH excluding ortho intramolecular Hbond substituents is 1. The van der Waals surface area contributed by atoms with Crippen LogP contribution in [0.25, 0.3) is 10.8 Å². The van der Waals surface area contributed by atoms with E-state index in [2.05, 4.69) is 14.7 Å². The van der Waals surface area contributed by atoms with Gasteiger partial charge in [0.25, 0.3) is 0 Å². The van der Waals surface area contributed by atoms with Gasteiger partial charge in [-0.05, 0) is 86.4 Å². The lowest BCUT2D eigenvalue weighted by molar-refractivity contribution is -0.0397. The molecular weight excluding hydrogens is 576 g/mol. The van der Waals surface area contributed by atoms with Crippen molar-refractivity contribution in [3.8, 4) is 11.8 Å². The van der Waals surface area contributed by atoms with Crippen molar-refractivity contribution < 1.29 is 23.7 Å². The number of aryl methyl sites for hydroxylation is 1. The number of nitrogens with zero attached hydrogens (tertiary/aromatic N) is 5. The predicted octanol–water partition coefficient (Wildman–Crippen LogP) is 5.30. The monoisotopic (exact) mass is 619 g/mol. The maximum Gasteiger partial charge on any atom is 0.318 e. The standard InChI is InChI=1S/C35H43F2N5O3/c1-2-26-28(37)6-5-22-13-24(43)14-30(31(22)26)40-12-7-27-29(19-40)38-33(45-21-35-9-4-11-42(35)18-23(36)15-35)39-32(27)41-10-3-8-34(20-41)16-25(44)17-34/h5-6,13-14,23,25,43-44H,2-4,7-12,15-21H2,1H3/t23-,25?,34?,35+/m1/s1. The minimum Gasteiger partial charge on any atom is -0.508 e. The van der Waals surface area contributed by atoms with Gasteiger partial charge < -0.3 is 24.7 Å². The topological polar surface area (TPSA) is 85.2 Å². The number of aliphatic hydroxyl groups is 1. The van der Waals surface area contributed by atoms with Crippen LogP contribution >= 0.6 is 0 Å². The summed E-state index contributed by atoms with van der Waals surface area (Å²) in [7, 11) is 0. The number of piperidine rings is 1. The summed E-state index contributed by atoms with van der Waals surface area (Å²) in [4.78, 5) is 16.8. The van der Waals surface area contributed by atoms with Crippen molar-refractivity contribution in [3.63, 3.8) is 0 Å². The molecule has 0 unspecified atom stereocenters. The van der Waals surface area contributed by atoms with Gasteiger partial charge in [-0.25, -0.2) is 8.78 Å². The normalized spacial score (nSPS) is 29.7. The Morgan fingerprint density at radius 3 is 2.71 bits per heavy atom. The predicted molar refractivity (Wildman–Crippen MR) is 169 cm³/mol. The highest BCUT2D eigenvalue weighted by atomic mass is 19.1. The lowest BCUT2D eigenvalue weighted by Gasteiger charge is -2.52. The number of hydrogen-bond donors (Lipinski definition) is 2. The molecule has 4 fully saturated rings. The zero-order valence-corrected chi connectivity index (χ0v) is 26.1. The van der Waals surface area contributed by atoms with E-state index in [1.54, 1.807) is 18.2 Å². The van der Waals surface area contributed by atoms with E-state index in [9.17, 15) is 14.6 Å². The quantitative estimate of drug-likeness (QED) is 0.385. The average molecular weight is 620 g/mol. The molecule has 2 N–H and O–H groups in total. The van der Waals surface area contributed by atoms with Crippen LogP contribution in [-0.4, -0.2) is 82.2 Å². The second-order valence-corrected chi connectivity index (χ2v) is 14.3. The average Bonchev–Trinajstić information content (AvgIpc) is 3.54. The molecule has 2 aromatic carbocycles. The van der Waals surface area contributed by atoms with Gasteiger partial charge in [-0.15, -0.1) is 0 Å². The number of aliphatic hydroxyl groups excluding tert-OH is 1. The van der Waals surface area contributed by atoms with Crippen LogP contribution in [-0.2, 0) is 19.4 Å². The number of phenols is 1. The summed E-state index contributed by atoms with van der Waals surface area (Å²) in [6.07, 6.45) is 6.46. The molecule has 0 amide bonds. The number of fused-ring (bicyclic) bond motifs is 3. The summed E-state index contributed by atoms with van der Waals surface area (Å²) in [5, 5.41) is 22.5. The molecule has 3 aromatic rings. The number of ether oxygens (including phenoxy) is 1. The lowest BCUT2D eigenvalue weighted by Crippen LogP contribution is -2.53. The van der Waals surface area contributed by atoms with Crippen molar-refractivity contribution in [2.45, 2.75) is 89.1 Å². The number of aromatic hydroxyl groups is 1. The van der Waals surface area contributed by atoms with Crippen LogP contribution in [0.15, 0.2) is 24.3 Å². The molecular formula is C35H43F2N5O3. The summed E-state index contributed by atoms with van der Waals surface area (Å²) in [5.74, 6) is 0.818. The van der Waals surface area contributed by atoms with E-state index in [0.29, 0.717) is 57.1 Å². The molecule has 1 aromatic heterocycles. The molecule has 240 valence electrons. The Labute approximate surface area is 263 Å². The number of aromatic nitrogens is 2. The Kier molecular flexibility index (Phi) is 7.09. The molecule has 8 nitrogen and oxygen atoms in total. The molecule has 45 heavy (non-hydrogen) atoms. The molecule has 5 aliphatic rings. The van der Waals surface area contributed by atoms with Crippen molar-refractivity contribution >= 4 is 22.3 Å². The van der Waals surface area contributed by atoms with Gasteiger partial charge in [0.2, 0.25) is 0 Å². The van der Waals surface area contributed by atoms with Crippen LogP contribution in [0.1, 0.15) is 68.7 Å². The van der Waals surface area contributed by atoms with Gasteiger partial charge in [-0.1, -0.05) is 13.0 Å². The summed E-state index contributed by atoms with van der Waals surface area (Å²) in [6.45, 7) is 6.58. The molecule has 4 aliphatic heterocycles. The van der Waals surface area contributed by atoms with E-state index in [-0.39, 0.29) is 28.6 Å². The van der Waals surface area contributed by atoms with Gasteiger partial charge in [-0.3, -0.25) is 4.90 Å². The van der Waals surface area contributed by atoms with E-state index in [4.69, 9.17) is 14.7 Å². The maximum atomic E-state index is 15.0. The molecule has 10 heteroatoms. The third-order valence-corrected chi connectivity index (χ3v) is 11.4. The summed E-state index contributed by atoms with van der Waals surface area (Å²) in [6, 6.07) is 6.97. The first-order valence-corrected chi connectivity index (χ1v) is 16.8. The first-order valence-electron chi connectivity index (χ1n) is 16.8. The van der Waals surface area contributed by atoms with Crippen molar-refractivity contribution in [1.82, 2.24) is 14.9 Å². The van der Waals surface area contributed by atoms with E-state index in [0.717, 1.165) is 91.7 Å². The molecule has 1 saturated carbocycles. The Morgan fingerprint density at radius 1 is 1.04 bits per heavy atom. The van der Waals surface area contributed by atoms with Crippen LogP contribution in [0.5, 0.6) is 11.8 Å². The Bertz CT molecular complexity index is 1630. The van der Waals surface area contributed by atoms with E-state index < -0.39 is 6.17 Å². The molecule has 0 radical (unpaired) electrons. The van der Waals surface area contributed by atoms with Gasteiger partial charge >= 0.3 is 6.01 Å². The first kappa shape index (κ1) is 29.2. The minimum atomic E-state index is -0.834. The second kappa shape index (κ2) is 10.9. The van der Waals surface area contributed by atoms with Crippen LogP contribution in [0.4, 0.5) is 20.3 Å². The smallest absolute Gasteiger partial charge is 0.318 e. The second-order valence-electron chi connectivity index (χ2n) is 14.3. The highest BCUT2D eigenvalue weighted by molar-refractivity contribution is 5.98. The Morgan fingerprint density at radius 2 is 1.89 bits per heavy atom. The molecule has 3 saturated heterocycles. The number of hydrogen-bond acceptors (Lipinski definition) is 8. The molecule has 8 rings (SSSR count). The van der Waals surface area contributed by atoms with Gasteiger partial charge in [0.1, 0.15) is 30.2 Å².